The summed E-state index contributed by atoms with van der Waals surface area (Å²) in [5.41, 5.74) is 4.06. The summed E-state index contributed by atoms with van der Waals surface area (Å²) in [4.78, 5) is 24.5. The van der Waals surface area contributed by atoms with Gasteiger partial charge in [0, 0.05) is 22.9 Å². The standard InChI is InChI=1S/C26H26O6/c1-14-10-18-20(12-28)24-22(32-13-16-4-6-17(31-3)7-5-16)9-8-21(29)25(24)26(30)23(18)15(2)19(14)11-27/h4-7,10-11,22,28,30H,8-9,12-13H2,1-3H3/t22-/m0/s1. The maximum absolute atomic E-state index is 12.9. The Balaban J connectivity index is 1.85. The summed E-state index contributed by atoms with van der Waals surface area (Å²) in [5, 5.41) is 22.5. The van der Waals surface area contributed by atoms with E-state index in [4.69, 9.17) is 9.47 Å². The second-order valence-corrected chi connectivity index (χ2v) is 8.16. The number of aldehydes is 1. The van der Waals surface area contributed by atoms with E-state index in [1.165, 1.54) is 0 Å². The molecule has 4 rings (SSSR count). The molecule has 0 spiro atoms. The molecule has 2 N–H and O–H groups in total. The molecule has 0 aliphatic heterocycles. The van der Waals surface area contributed by atoms with Crippen molar-refractivity contribution in [2.75, 3.05) is 7.11 Å². The quantitative estimate of drug-likeness (QED) is 0.546. The van der Waals surface area contributed by atoms with E-state index >= 15 is 0 Å². The molecule has 1 atom stereocenters. The predicted molar refractivity (Wildman–Crippen MR) is 120 cm³/mol. The highest BCUT2D eigenvalue weighted by Gasteiger charge is 2.34. The molecule has 3 aromatic carbocycles. The van der Waals surface area contributed by atoms with Crippen LogP contribution in [0.2, 0.25) is 0 Å². The fourth-order valence-corrected chi connectivity index (χ4v) is 4.70. The van der Waals surface area contributed by atoms with Crippen molar-refractivity contribution in [1.29, 1.82) is 0 Å². The fourth-order valence-electron chi connectivity index (χ4n) is 4.70. The number of ether oxygens (including phenoxy) is 2. The number of rotatable bonds is 6. The molecule has 6 nitrogen and oxygen atoms in total. The van der Waals surface area contributed by atoms with E-state index in [1.54, 1.807) is 20.1 Å². The number of phenols is 1. The number of hydrogen-bond acceptors (Lipinski definition) is 6. The van der Waals surface area contributed by atoms with Gasteiger partial charge in [0.1, 0.15) is 11.5 Å². The zero-order valence-electron chi connectivity index (χ0n) is 18.4. The van der Waals surface area contributed by atoms with Gasteiger partial charge >= 0.3 is 0 Å². The van der Waals surface area contributed by atoms with Crippen LogP contribution < -0.4 is 4.74 Å². The van der Waals surface area contributed by atoms with Crippen LogP contribution in [-0.2, 0) is 18.0 Å². The maximum atomic E-state index is 12.9. The number of hydrogen-bond donors (Lipinski definition) is 2. The van der Waals surface area contributed by atoms with Crippen molar-refractivity contribution in [1.82, 2.24) is 0 Å². The summed E-state index contributed by atoms with van der Waals surface area (Å²) in [7, 11) is 1.61. The van der Waals surface area contributed by atoms with E-state index in [2.05, 4.69) is 0 Å². The van der Waals surface area contributed by atoms with Crippen LogP contribution in [0, 0.1) is 13.8 Å². The Labute approximate surface area is 186 Å². The van der Waals surface area contributed by atoms with E-state index in [1.807, 2.05) is 31.2 Å². The third kappa shape index (κ3) is 3.55. The summed E-state index contributed by atoms with van der Waals surface area (Å²) in [6.45, 7) is 3.57. The molecular formula is C26H26O6. The average Bonchev–Trinajstić information content (AvgIpc) is 2.79. The number of methoxy groups -OCH3 is 1. The smallest absolute Gasteiger partial charge is 0.167 e. The number of ketones is 1. The van der Waals surface area contributed by atoms with Gasteiger partial charge in [-0.15, -0.1) is 0 Å². The van der Waals surface area contributed by atoms with Gasteiger partial charge in [0.15, 0.2) is 12.1 Å². The zero-order chi connectivity index (χ0) is 23.0. The van der Waals surface area contributed by atoms with E-state index in [9.17, 15) is 19.8 Å². The number of phenolic OH excluding ortho intramolecular Hbond substituents is 1. The molecule has 1 aliphatic rings. The Morgan fingerprint density at radius 3 is 2.53 bits per heavy atom. The summed E-state index contributed by atoms with van der Waals surface area (Å²) in [6, 6.07) is 9.31. The van der Waals surface area contributed by atoms with Crippen LogP contribution in [0.1, 0.15) is 67.5 Å². The lowest BCUT2D eigenvalue weighted by Crippen LogP contribution is -2.21. The van der Waals surface area contributed by atoms with Crippen LogP contribution in [0.3, 0.4) is 0 Å². The molecule has 0 saturated heterocycles. The number of fused-ring (bicyclic) bond motifs is 2. The minimum Gasteiger partial charge on any atom is -0.507 e. The van der Waals surface area contributed by atoms with Gasteiger partial charge in [-0.25, -0.2) is 0 Å². The SMILES string of the molecule is COc1ccc(CO[C@H]2CCC(=O)c3c2c(CO)c2cc(C)c(C=O)c(C)c2c3O)cc1. The van der Waals surface area contributed by atoms with Crippen LogP contribution in [-0.4, -0.2) is 29.4 Å². The van der Waals surface area contributed by atoms with Crippen LogP contribution in [0.15, 0.2) is 30.3 Å². The van der Waals surface area contributed by atoms with Crippen molar-refractivity contribution >= 4 is 22.8 Å². The Kier molecular flexibility index (Phi) is 6.00. The first-order valence-corrected chi connectivity index (χ1v) is 10.6. The molecular weight excluding hydrogens is 408 g/mol. The molecule has 1 aliphatic carbocycles. The Bertz CT molecular complexity index is 1210. The molecule has 32 heavy (non-hydrogen) atoms. The van der Waals surface area contributed by atoms with Gasteiger partial charge in [-0.05, 0) is 60.0 Å². The molecule has 6 heteroatoms. The zero-order valence-corrected chi connectivity index (χ0v) is 18.4. The lowest BCUT2D eigenvalue weighted by molar-refractivity contribution is 0.0264. The molecule has 0 heterocycles. The van der Waals surface area contributed by atoms with E-state index in [0.29, 0.717) is 46.1 Å². The molecule has 0 aromatic heterocycles. The molecule has 0 unspecified atom stereocenters. The second kappa shape index (κ2) is 8.73. The van der Waals surface area contributed by atoms with Gasteiger partial charge in [0.25, 0.3) is 0 Å². The lowest BCUT2D eigenvalue weighted by Gasteiger charge is -2.30. The van der Waals surface area contributed by atoms with E-state index in [0.717, 1.165) is 23.2 Å². The van der Waals surface area contributed by atoms with E-state index in [-0.39, 0.29) is 30.1 Å². The number of carbonyl (C=O) groups excluding carboxylic acids is 2. The van der Waals surface area contributed by atoms with Crippen molar-refractivity contribution in [3.63, 3.8) is 0 Å². The summed E-state index contributed by atoms with van der Waals surface area (Å²) < 4.78 is 11.4. The Morgan fingerprint density at radius 2 is 1.91 bits per heavy atom. The fraction of sp³-hybridized carbons (Fsp3) is 0.308. The average molecular weight is 434 g/mol. The maximum Gasteiger partial charge on any atom is 0.167 e. The number of aryl methyl sites for hydroxylation is 2. The van der Waals surface area contributed by atoms with Crippen LogP contribution in [0.5, 0.6) is 11.5 Å². The Hall–Kier alpha value is -3.22. The highest BCUT2D eigenvalue weighted by Crippen LogP contribution is 2.46. The van der Waals surface area contributed by atoms with Gasteiger partial charge in [-0.1, -0.05) is 18.2 Å². The van der Waals surface area contributed by atoms with Crippen molar-refractivity contribution in [2.24, 2.45) is 0 Å². The number of carbonyl (C=O) groups is 2. The molecule has 0 fully saturated rings. The van der Waals surface area contributed by atoms with Gasteiger partial charge in [0.05, 0.1) is 32.0 Å². The molecule has 0 amide bonds. The predicted octanol–water partition coefficient (Wildman–Crippen LogP) is 4.71. The number of aliphatic hydroxyl groups excluding tert-OH is 1. The van der Waals surface area contributed by atoms with Crippen LogP contribution >= 0.6 is 0 Å². The summed E-state index contributed by atoms with van der Waals surface area (Å²) >= 11 is 0. The monoisotopic (exact) mass is 434 g/mol. The van der Waals surface area contributed by atoms with Crippen molar-refractivity contribution < 1.29 is 29.3 Å². The van der Waals surface area contributed by atoms with Gasteiger partial charge in [-0.2, -0.15) is 0 Å². The highest BCUT2D eigenvalue weighted by atomic mass is 16.5. The molecule has 0 bridgehead atoms. The number of Topliss-reactive ketones (excluding diaryl/α,β-unsaturated/α-hetero) is 1. The first-order valence-electron chi connectivity index (χ1n) is 10.6. The first kappa shape index (κ1) is 22.0. The number of aromatic hydroxyl groups is 1. The lowest BCUT2D eigenvalue weighted by atomic mass is 9.80. The van der Waals surface area contributed by atoms with Crippen molar-refractivity contribution in [3.05, 3.63) is 69.3 Å². The molecule has 166 valence electrons. The third-order valence-corrected chi connectivity index (χ3v) is 6.35. The summed E-state index contributed by atoms with van der Waals surface area (Å²) in [6.07, 6.45) is 0.998. The van der Waals surface area contributed by atoms with Gasteiger partial charge in [0.2, 0.25) is 0 Å². The molecule has 0 saturated carbocycles. The number of aliphatic hydroxyl groups is 1. The van der Waals surface area contributed by atoms with Gasteiger partial charge in [-0.3, -0.25) is 9.59 Å². The van der Waals surface area contributed by atoms with Crippen molar-refractivity contribution in [2.45, 2.75) is 46.0 Å². The molecule has 0 radical (unpaired) electrons. The second-order valence-electron chi connectivity index (χ2n) is 8.16. The Morgan fingerprint density at radius 1 is 1.19 bits per heavy atom. The highest BCUT2D eigenvalue weighted by molar-refractivity contribution is 6.10. The van der Waals surface area contributed by atoms with E-state index < -0.39 is 6.10 Å². The summed E-state index contributed by atoms with van der Waals surface area (Å²) in [5.74, 6) is 0.420. The normalized spacial score (nSPS) is 15.6. The topological polar surface area (TPSA) is 93.1 Å². The number of benzene rings is 3. The van der Waals surface area contributed by atoms with Crippen molar-refractivity contribution in [3.8, 4) is 11.5 Å². The van der Waals surface area contributed by atoms with Gasteiger partial charge < -0.3 is 19.7 Å². The van der Waals surface area contributed by atoms with Crippen LogP contribution in [0.4, 0.5) is 0 Å². The molecule has 3 aromatic rings. The minimum atomic E-state index is -0.450. The van der Waals surface area contributed by atoms with Crippen LogP contribution in [0.25, 0.3) is 10.8 Å². The minimum absolute atomic E-state index is 0.143. The largest absolute Gasteiger partial charge is 0.507 e. The third-order valence-electron chi connectivity index (χ3n) is 6.35. The first-order chi connectivity index (χ1) is 15.4.